The molecule has 0 saturated heterocycles. The van der Waals surface area contributed by atoms with Crippen LogP contribution in [0, 0.1) is 0 Å². The van der Waals surface area contributed by atoms with Crippen molar-refractivity contribution in [3.63, 3.8) is 0 Å². The maximum Gasteiger partial charge on any atom is 0.248 e. The number of nitrogens with one attached hydrogen (secondary N) is 1. The first-order valence-electron chi connectivity index (χ1n) is 7.43. The van der Waals surface area contributed by atoms with E-state index in [1.165, 1.54) is 6.08 Å². The largest absolute Gasteiger partial charge is 0.322 e. The molecule has 0 bridgehead atoms. The predicted octanol–water partition coefficient (Wildman–Crippen LogP) is 5.51. The molecule has 0 fully saturated rings. The molecule has 114 valence electrons. The van der Waals surface area contributed by atoms with Crippen LogP contribution in [0.2, 0.25) is 5.02 Å². The van der Waals surface area contributed by atoms with Gasteiger partial charge in [-0.2, -0.15) is 0 Å². The zero-order chi connectivity index (χ0) is 15.9. The van der Waals surface area contributed by atoms with Crippen LogP contribution in [-0.4, -0.2) is 5.91 Å². The number of para-hydroxylation sites is 1. The second-order valence-electron chi connectivity index (χ2n) is 5.27. The third kappa shape index (κ3) is 4.47. The fourth-order valence-electron chi connectivity index (χ4n) is 2.22. The van der Waals surface area contributed by atoms with E-state index < -0.39 is 0 Å². The number of halogens is 1. The molecule has 0 aliphatic carbocycles. The molecule has 1 N–H and O–H groups in total. The second-order valence-corrected chi connectivity index (χ2v) is 5.71. The van der Waals surface area contributed by atoms with Gasteiger partial charge in [-0.15, -0.1) is 0 Å². The minimum atomic E-state index is -0.143. The van der Waals surface area contributed by atoms with Crippen LogP contribution in [0.3, 0.4) is 0 Å². The molecule has 0 heterocycles. The Labute approximate surface area is 136 Å². The summed E-state index contributed by atoms with van der Waals surface area (Å²) in [5.41, 5.74) is 2.94. The van der Waals surface area contributed by atoms with Crippen molar-refractivity contribution in [3.8, 4) is 0 Å². The number of carbonyl (C=O) groups excluding carboxylic acids is 1. The van der Waals surface area contributed by atoms with Crippen LogP contribution in [0.1, 0.15) is 37.3 Å². The fraction of sp³-hybridized carbons (Fsp3) is 0.211. The minimum Gasteiger partial charge on any atom is -0.322 e. The Hall–Kier alpha value is -2.06. The van der Waals surface area contributed by atoms with Gasteiger partial charge in [0, 0.05) is 16.8 Å². The molecule has 0 aromatic heterocycles. The van der Waals surface area contributed by atoms with Crippen LogP contribution in [0.4, 0.5) is 5.69 Å². The Morgan fingerprint density at radius 2 is 2.00 bits per heavy atom. The topological polar surface area (TPSA) is 29.1 Å². The summed E-state index contributed by atoms with van der Waals surface area (Å²) in [6, 6.07) is 15.3. The van der Waals surface area contributed by atoms with Crippen molar-refractivity contribution >= 4 is 29.3 Å². The van der Waals surface area contributed by atoms with Gasteiger partial charge in [-0.05, 0) is 47.7 Å². The van der Waals surface area contributed by atoms with Crippen LogP contribution in [-0.2, 0) is 4.79 Å². The number of benzene rings is 2. The van der Waals surface area contributed by atoms with E-state index in [2.05, 4.69) is 25.2 Å². The van der Waals surface area contributed by atoms with Crippen molar-refractivity contribution in [2.45, 2.75) is 26.2 Å². The zero-order valence-corrected chi connectivity index (χ0v) is 13.6. The van der Waals surface area contributed by atoms with Crippen molar-refractivity contribution in [1.29, 1.82) is 0 Å². The lowest BCUT2D eigenvalue weighted by atomic mass is 9.97. The first-order valence-corrected chi connectivity index (χ1v) is 7.81. The summed E-state index contributed by atoms with van der Waals surface area (Å²) in [6.45, 7) is 4.30. The van der Waals surface area contributed by atoms with E-state index in [0.29, 0.717) is 10.9 Å². The van der Waals surface area contributed by atoms with Gasteiger partial charge >= 0.3 is 0 Å². The van der Waals surface area contributed by atoms with E-state index in [9.17, 15) is 4.79 Å². The SMILES string of the molecule is CC[C@H](C)c1ccccc1NC(=O)/C=C/c1cccc(Cl)c1. The molecule has 2 aromatic rings. The normalized spacial score (nSPS) is 12.3. The number of hydrogen-bond acceptors (Lipinski definition) is 1. The molecule has 0 aliphatic heterocycles. The standard InChI is InChI=1S/C19H20ClNO/c1-3-14(2)17-9-4-5-10-18(17)21-19(22)12-11-15-7-6-8-16(20)13-15/h4-14H,3H2,1-2H3,(H,21,22)/b12-11+/t14-/m0/s1. The molecule has 0 unspecified atom stereocenters. The van der Waals surface area contributed by atoms with Crippen LogP contribution in [0.25, 0.3) is 6.08 Å². The number of rotatable bonds is 5. The van der Waals surface area contributed by atoms with Crippen molar-refractivity contribution < 1.29 is 4.79 Å². The molecular weight excluding hydrogens is 294 g/mol. The third-order valence-electron chi connectivity index (χ3n) is 3.64. The van der Waals surface area contributed by atoms with E-state index in [-0.39, 0.29) is 5.91 Å². The monoisotopic (exact) mass is 313 g/mol. The highest BCUT2D eigenvalue weighted by Crippen LogP contribution is 2.26. The van der Waals surface area contributed by atoms with Crippen LogP contribution >= 0.6 is 11.6 Å². The maximum atomic E-state index is 12.1. The Bertz CT molecular complexity index is 679. The van der Waals surface area contributed by atoms with Crippen molar-refractivity contribution in [1.82, 2.24) is 0 Å². The van der Waals surface area contributed by atoms with Gasteiger partial charge < -0.3 is 5.32 Å². The number of anilines is 1. The summed E-state index contributed by atoms with van der Waals surface area (Å²) in [7, 11) is 0. The highest BCUT2D eigenvalue weighted by Gasteiger charge is 2.09. The Morgan fingerprint density at radius 1 is 1.23 bits per heavy atom. The lowest BCUT2D eigenvalue weighted by Crippen LogP contribution is -2.10. The highest BCUT2D eigenvalue weighted by atomic mass is 35.5. The third-order valence-corrected chi connectivity index (χ3v) is 3.87. The molecular formula is C19H20ClNO. The Balaban J connectivity index is 2.09. The summed E-state index contributed by atoms with van der Waals surface area (Å²) >= 11 is 5.93. The quantitative estimate of drug-likeness (QED) is 0.725. The van der Waals surface area contributed by atoms with Gasteiger partial charge in [0.05, 0.1) is 0 Å². The van der Waals surface area contributed by atoms with E-state index in [4.69, 9.17) is 11.6 Å². The molecule has 0 aliphatic rings. The summed E-state index contributed by atoms with van der Waals surface area (Å²) < 4.78 is 0. The molecule has 2 aromatic carbocycles. The zero-order valence-electron chi connectivity index (χ0n) is 12.8. The van der Waals surface area contributed by atoms with E-state index in [1.807, 2.05) is 36.4 Å². The lowest BCUT2D eigenvalue weighted by Gasteiger charge is -2.14. The fourth-order valence-corrected chi connectivity index (χ4v) is 2.42. The summed E-state index contributed by atoms with van der Waals surface area (Å²) in [5.74, 6) is 0.268. The number of hydrogen-bond donors (Lipinski definition) is 1. The molecule has 0 saturated carbocycles. The smallest absolute Gasteiger partial charge is 0.248 e. The lowest BCUT2D eigenvalue weighted by molar-refractivity contribution is -0.111. The molecule has 2 rings (SSSR count). The average Bonchev–Trinajstić information content (AvgIpc) is 2.53. The van der Waals surface area contributed by atoms with Gasteiger partial charge in [-0.1, -0.05) is 55.8 Å². The second kappa shape index (κ2) is 7.81. The number of amides is 1. The van der Waals surface area contributed by atoms with Gasteiger partial charge in [-0.3, -0.25) is 4.79 Å². The molecule has 22 heavy (non-hydrogen) atoms. The van der Waals surface area contributed by atoms with Gasteiger partial charge in [-0.25, -0.2) is 0 Å². The summed E-state index contributed by atoms with van der Waals surface area (Å²) in [4.78, 5) is 12.1. The van der Waals surface area contributed by atoms with Crippen LogP contribution < -0.4 is 5.32 Å². The Morgan fingerprint density at radius 3 is 2.73 bits per heavy atom. The Kier molecular flexibility index (Phi) is 5.79. The average molecular weight is 314 g/mol. The maximum absolute atomic E-state index is 12.1. The van der Waals surface area contributed by atoms with Gasteiger partial charge in [0.2, 0.25) is 5.91 Å². The molecule has 0 spiro atoms. The van der Waals surface area contributed by atoms with E-state index in [1.54, 1.807) is 12.1 Å². The van der Waals surface area contributed by atoms with Crippen molar-refractivity contribution in [3.05, 3.63) is 70.8 Å². The molecule has 3 heteroatoms. The number of carbonyl (C=O) groups is 1. The molecule has 2 nitrogen and oxygen atoms in total. The molecule has 1 atom stereocenters. The predicted molar refractivity (Wildman–Crippen MR) is 94.3 cm³/mol. The summed E-state index contributed by atoms with van der Waals surface area (Å²) in [6.07, 6.45) is 4.32. The molecule has 1 amide bonds. The first-order chi connectivity index (χ1) is 10.6. The summed E-state index contributed by atoms with van der Waals surface area (Å²) in [5, 5.41) is 3.61. The van der Waals surface area contributed by atoms with Gasteiger partial charge in [0.15, 0.2) is 0 Å². The van der Waals surface area contributed by atoms with E-state index in [0.717, 1.165) is 23.2 Å². The first kappa shape index (κ1) is 16.3. The molecule has 0 radical (unpaired) electrons. The van der Waals surface area contributed by atoms with Crippen LogP contribution in [0.15, 0.2) is 54.6 Å². The van der Waals surface area contributed by atoms with Gasteiger partial charge in [0.1, 0.15) is 0 Å². The van der Waals surface area contributed by atoms with Crippen molar-refractivity contribution in [2.24, 2.45) is 0 Å². The highest BCUT2D eigenvalue weighted by molar-refractivity contribution is 6.30. The van der Waals surface area contributed by atoms with Crippen molar-refractivity contribution in [2.75, 3.05) is 5.32 Å². The van der Waals surface area contributed by atoms with Crippen LogP contribution in [0.5, 0.6) is 0 Å². The van der Waals surface area contributed by atoms with Gasteiger partial charge in [0.25, 0.3) is 0 Å². The van der Waals surface area contributed by atoms with E-state index >= 15 is 0 Å². The minimum absolute atomic E-state index is 0.143.